The molecule has 1 N–H and O–H groups in total. The van der Waals surface area contributed by atoms with E-state index in [1.54, 1.807) is 16.2 Å². The van der Waals surface area contributed by atoms with Crippen molar-refractivity contribution in [2.45, 2.75) is 38.9 Å². The van der Waals surface area contributed by atoms with Gasteiger partial charge in [0.15, 0.2) is 9.84 Å². The summed E-state index contributed by atoms with van der Waals surface area (Å²) < 4.78 is 23.8. The summed E-state index contributed by atoms with van der Waals surface area (Å²) in [4.78, 5) is 15.8. The van der Waals surface area contributed by atoms with Gasteiger partial charge in [-0.25, -0.2) is 8.42 Å². The highest BCUT2D eigenvalue weighted by atomic mass is 32.2. The topological polar surface area (TPSA) is 66.5 Å². The van der Waals surface area contributed by atoms with E-state index in [1.807, 2.05) is 36.6 Å². The first kappa shape index (κ1) is 20.0. The Bertz CT molecular complexity index is 878. The SMILES string of the molecule is Cc1ccccc1C(C)NCC(=O)N(Cc1cccs1)C1CCS(=O)(=O)C1. The van der Waals surface area contributed by atoms with Crippen molar-refractivity contribution in [3.8, 4) is 0 Å². The fraction of sp³-hybridized carbons (Fsp3) is 0.450. The molecule has 5 nitrogen and oxygen atoms in total. The third-order valence-corrected chi connectivity index (χ3v) is 7.70. The summed E-state index contributed by atoms with van der Waals surface area (Å²) in [5, 5.41) is 5.28. The van der Waals surface area contributed by atoms with Crippen LogP contribution < -0.4 is 5.32 Å². The van der Waals surface area contributed by atoms with Crippen molar-refractivity contribution in [1.29, 1.82) is 0 Å². The fourth-order valence-electron chi connectivity index (χ4n) is 3.54. The number of benzene rings is 1. The van der Waals surface area contributed by atoms with Crippen molar-refractivity contribution in [3.05, 3.63) is 57.8 Å². The number of carbonyl (C=O) groups excluding carboxylic acids is 1. The maximum absolute atomic E-state index is 13.0. The number of carbonyl (C=O) groups is 1. The van der Waals surface area contributed by atoms with Crippen LogP contribution in [0.2, 0.25) is 0 Å². The molecule has 0 aliphatic carbocycles. The number of thiophene rings is 1. The summed E-state index contributed by atoms with van der Waals surface area (Å²) in [6.45, 7) is 4.76. The zero-order valence-corrected chi connectivity index (χ0v) is 17.4. The van der Waals surface area contributed by atoms with Crippen LogP contribution in [0, 0.1) is 6.92 Å². The Labute approximate surface area is 165 Å². The van der Waals surface area contributed by atoms with Gasteiger partial charge in [-0.15, -0.1) is 11.3 Å². The fourth-order valence-corrected chi connectivity index (χ4v) is 5.97. The second kappa shape index (κ2) is 8.54. The van der Waals surface area contributed by atoms with Gasteiger partial charge in [-0.2, -0.15) is 0 Å². The minimum absolute atomic E-state index is 0.0473. The highest BCUT2D eigenvalue weighted by Gasteiger charge is 2.34. The number of hydrogen-bond donors (Lipinski definition) is 1. The Balaban J connectivity index is 1.68. The van der Waals surface area contributed by atoms with Crippen LogP contribution in [0.25, 0.3) is 0 Å². The van der Waals surface area contributed by atoms with Crippen LogP contribution in [-0.2, 0) is 21.2 Å². The summed E-state index contributed by atoms with van der Waals surface area (Å²) in [7, 11) is -3.04. The van der Waals surface area contributed by atoms with E-state index in [4.69, 9.17) is 0 Å². The number of amides is 1. The van der Waals surface area contributed by atoms with Gasteiger partial charge >= 0.3 is 0 Å². The molecule has 1 aliphatic rings. The van der Waals surface area contributed by atoms with E-state index in [2.05, 4.69) is 24.4 Å². The molecule has 1 fully saturated rings. The largest absolute Gasteiger partial charge is 0.332 e. The average molecular weight is 407 g/mol. The van der Waals surface area contributed by atoms with Crippen molar-refractivity contribution in [3.63, 3.8) is 0 Å². The van der Waals surface area contributed by atoms with Gasteiger partial charge in [-0.05, 0) is 42.8 Å². The molecule has 0 radical (unpaired) electrons. The smallest absolute Gasteiger partial charge is 0.237 e. The van der Waals surface area contributed by atoms with E-state index in [-0.39, 0.29) is 36.0 Å². The lowest BCUT2D eigenvalue weighted by molar-refractivity contribution is -0.132. The lowest BCUT2D eigenvalue weighted by atomic mass is 10.0. The van der Waals surface area contributed by atoms with Gasteiger partial charge in [0.25, 0.3) is 0 Å². The number of nitrogens with zero attached hydrogens (tertiary/aromatic N) is 1. The van der Waals surface area contributed by atoms with Crippen LogP contribution in [0.5, 0.6) is 0 Å². The van der Waals surface area contributed by atoms with Crippen molar-refractivity contribution in [1.82, 2.24) is 10.2 Å². The van der Waals surface area contributed by atoms with Gasteiger partial charge in [-0.3, -0.25) is 4.79 Å². The second-order valence-electron chi connectivity index (χ2n) is 7.12. The minimum Gasteiger partial charge on any atom is -0.332 e. The molecule has 27 heavy (non-hydrogen) atoms. The Morgan fingerprint density at radius 2 is 2.07 bits per heavy atom. The Hall–Kier alpha value is -1.70. The summed E-state index contributed by atoms with van der Waals surface area (Å²) in [5.41, 5.74) is 2.35. The molecule has 1 aromatic carbocycles. The summed E-state index contributed by atoms with van der Waals surface area (Å²) >= 11 is 1.59. The van der Waals surface area contributed by atoms with Gasteiger partial charge < -0.3 is 10.2 Å². The van der Waals surface area contributed by atoms with Gasteiger partial charge in [0.1, 0.15) is 0 Å². The van der Waals surface area contributed by atoms with Gasteiger partial charge in [0.05, 0.1) is 24.6 Å². The van der Waals surface area contributed by atoms with Crippen molar-refractivity contribution >= 4 is 27.1 Å². The molecule has 1 amide bonds. The molecule has 3 rings (SSSR count). The number of hydrogen-bond acceptors (Lipinski definition) is 5. The van der Waals surface area contributed by atoms with Crippen LogP contribution in [0.1, 0.15) is 35.4 Å². The van der Waals surface area contributed by atoms with Gasteiger partial charge in [0.2, 0.25) is 5.91 Å². The number of aryl methyl sites for hydroxylation is 1. The monoisotopic (exact) mass is 406 g/mol. The molecule has 7 heteroatoms. The van der Waals surface area contributed by atoms with E-state index in [0.29, 0.717) is 13.0 Å². The molecule has 1 saturated heterocycles. The average Bonchev–Trinajstić information content (AvgIpc) is 3.26. The van der Waals surface area contributed by atoms with Crippen LogP contribution >= 0.6 is 11.3 Å². The zero-order valence-electron chi connectivity index (χ0n) is 15.7. The van der Waals surface area contributed by atoms with Gasteiger partial charge in [-0.1, -0.05) is 30.3 Å². The Morgan fingerprint density at radius 3 is 2.70 bits per heavy atom. The van der Waals surface area contributed by atoms with Crippen molar-refractivity contribution in [2.75, 3.05) is 18.1 Å². The molecule has 2 atom stereocenters. The first-order valence-corrected chi connectivity index (χ1v) is 11.9. The molecule has 2 heterocycles. The molecular weight excluding hydrogens is 380 g/mol. The maximum atomic E-state index is 13.0. The normalized spacial score (nSPS) is 19.7. The van der Waals surface area contributed by atoms with Gasteiger partial charge in [0, 0.05) is 17.0 Å². The van der Waals surface area contributed by atoms with Crippen molar-refractivity contribution in [2.24, 2.45) is 0 Å². The number of nitrogens with one attached hydrogen (secondary N) is 1. The Morgan fingerprint density at radius 1 is 1.30 bits per heavy atom. The maximum Gasteiger partial charge on any atom is 0.237 e. The van der Waals surface area contributed by atoms with E-state index in [1.165, 1.54) is 11.1 Å². The first-order valence-electron chi connectivity index (χ1n) is 9.17. The Kier molecular flexibility index (Phi) is 6.34. The minimum atomic E-state index is -3.04. The highest BCUT2D eigenvalue weighted by Crippen LogP contribution is 2.22. The molecule has 2 aromatic rings. The van der Waals surface area contributed by atoms with Crippen LogP contribution in [0.3, 0.4) is 0 Å². The molecule has 0 spiro atoms. The second-order valence-corrected chi connectivity index (χ2v) is 10.4. The highest BCUT2D eigenvalue weighted by molar-refractivity contribution is 7.91. The van der Waals surface area contributed by atoms with E-state index < -0.39 is 9.84 Å². The molecular formula is C20H26N2O3S2. The lowest BCUT2D eigenvalue weighted by Gasteiger charge is -2.29. The molecule has 146 valence electrons. The van der Waals surface area contributed by atoms with E-state index in [9.17, 15) is 13.2 Å². The third kappa shape index (κ3) is 5.18. The molecule has 0 bridgehead atoms. The zero-order chi connectivity index (χ0) is 19.4. The molecule has 1 aliphatic heterocycles. The standard InChI is InChI=1S/C20H26N2O3S2/c1-15-6-3-4-8-19(15)16(2)21-12-20(23)22(13-18-7-5-10-26-18)17-9-11-27(24,25)14-17/h3-8,10,16-17,21H,9,11-14H2,1-2H3. The van der Waals surface area contributed by atoms with E-state index in [0.717, 1.165) is 4.88 Å². The first-order chi connectivity index (χ1) is 12.9. The van der Waals surface area contributed by atoms with Crippen LogP contribution in [0.4, 0.5) is 0 Å². The molecule has 2 unspecified atom stereocenters. The number of sulfone groups is 1. The third-order valence-electron chi connectivity index (χ3n) is 5.09. The van der Waals surface area contributed by atoms with E-state index >= 15 is 0 Å². The number of rotatable bonds is 7. The van der Waals surface area contributed by atoms with Crippen LogP contribution in [-0.4, -0.2) is 43.3 Å². The quantitative estimate of drug-likeness (QED) is 0.768. The predicted molar refractivity (Wildman–Crippen MR) is 110 cm³/mol. The molecule has 1 aromatic heterocycles. The predicted octanol–water partition coefficient (Wildman–Crippen LogP) is 2.92. The summed E-state index contributed by atoms with van der Waals surface area (Å²) in [6, 6.07) is 11.9. The molecule has 0 saturated carbocycles. The lowest BCUT2D eigenvalue weighted by Crippen LogP contribution is -2.45. The van der Waals surface area contributed by atoms with Crippen molar-refractivity contribution < 1.29 is 13.2 Å². The summed E-state index contributed by atoms with van der Waals surface area (Å²) in [5.74, 6) is 0.182. The van der Waals surface area contributed by atoms with Crippen LogP contribution in [0.15, 0.2) is 41.8 Å². The summed E-state index contributed by atoms with van der Waals surface area (Å²) in [6.07, 6.45) is 0.521.